The number of carbonyl (C=O) groups excluding carboxylic acids is 2. The zero-order chi connectivity index (χ0) is 17.3. The molecular weight excluding hydrogens is 374 g/mol. The Labute approximate surface area is 148 Å². The van der Waals surface area contributed by atoms with Crippen molar-refractivity contribution in [3.63, 3.8) is 0 Å². The first kappa shape index (κ1) is 16.8. The van der Waals surface area contributed by atoms with Crippen LogP contribution in [0.3, 0.4) is 0 Å². The Bertz CT molecular complexity index is 749. The number of benzene rings is 1. The molecule has 6 heteroatoms. The molecule has 126 valence electrons. The lowest BCUT2D eigenvalue weighted by atomic mass is 9.77. The first-order valence-corrected chi connectivity index (χ1v) is 8.68. The van der Waals surface area contributed by atoms with Gasteiger partial charge in [-0.3, -0.25) is 4.79 Å². The van der Waals surface area contributed by atoms with Crippen LogP contribution in [-0.4, -0.2) is 18.4 Å². The van der Waals surface area contributed by atoms with E-state index >= 15 is 0 Å². The summed E-state index contributed by atoms with van der Waals surface area (Å²) in [6.07, 6.45) is 1.82. The number of ketones is 1. The van der Waals surface area contributed by atoms with Crippen LogP contribution in [0.4, 0.5) is 0 Å². The fourth-order valence-electron chi connectivity index (χ4n) is 3.15. The summed E-state index contributed by atoms with van der Waals surface area (Å²) in [5.74, 6) is -0.500. The number of hydrogen-bond donors (Lipinski definition) is 1. The van der Waals surface area contributed by atoms with Gasteiger partial charge in [0.15, 0.2) is 5.78 Å². The van der Waals surface area contributed by atoms with Crippen LogP contribution in [0.1, 0.15) is 37.7 Å². The number of nitrogens with two attached hydrogens (primary N) is 1. The molecule has 0 spiro atoms. The van der Waals surface area contributed by atoms with Gasteiger partial charge in [0, 0.05) is 22.9 Å². The van der Waals surface area contributed by atoms with Gasteiger partial charge in [-0.2, -0.15) is 0 Å². The summed E-state index contributed by atoms with van der Waals surface area (Å²) < 4.78 is 11.7. The molecule has 24 heavy (non-hydrogen) atoms. The van der Waals surface area contributed by atoms with Crippen molar-refractivity contribution >= 4 is 27.7 Å². The van der Waals surface area contributed by atoms with Gasteiger partial charge < -0.3 is 15.2 Å². The highest BCUT2D eigenvalue weighted by molar-refractivity contribution is 9.10. The molecule has 1 aliphatic carbocycles. The van der Waals surface area contributed by atoms with Crippen molar-refractivity contribution in [2.45, 2.75) is 32.1 Å². The molecule has 1 atom stereocenters. The van der Waals surface area contributed by atoms with Gasteiger partial charge in [0.05, 0.1) is 12.5 Å². The highest BCUT2D eigenvalue weighted by Crippen LogP contribution is 2.44. The topological polar surface area (TPSA) is 78.6 Å². The number of allylic oxidation sites excluding steroid dienone is 2. The van der Waals surface area contributed by atoms with Gasteiger partial charge in [0.25, 0.3) is 0 Å². The van der Waals surface area contributed by atoms with E-state index in [4.69, 9.17) is 15.2 Å². The molecule has 3 rings (SSSR count). The van der Waals surface area contributed by atoms with E-state index < -0.39 is 11.9 Å². The van der Waals surface area contributed by atoms with E-state index in [0.717, 1.165) is 16.5 Å². The molecule has 0 fully saturated rings. The second-order valence-corrected chi connectivity index (χ2v) is 6.61. The molecule has 1 aliphatic heterocycles. The third-order valence-electron chi connectivity index (χ3n) is 4.18. The second kappa shape index (κ2) is 6.81. The summed E-state index contributed by atoms with van der Waals surface area (Å²) >= 11 is 3.40. The van der Waals surface area contributed by atoms with E-state index in [1.165, 1.54) is 0 Å². The largest absolute Gasteiger partial charge is 0.462 e. The Balaban J connectivity index is 2.15. The molecule has 0 aromatic heterocycles. The normalized spacial score (nSPS) is 20.6. The van der Waals surface area contributed by atoms with Crippen LogP contribution in [0.25, 0.3) is 0 Å². The van der Waals surface area contributed by atoms with Gasteiger partial charge >= 0.3 is 5.97 Å². The minimum atomic E-state index is -0.548. The molecule has 2 aliphatic rings. The molecule has 0 saturated heterocycles. The highest BCUT2D eigenvalue weighted by atomic mass is 79.9. The molecule has 1 aromatic carbocycles. The van der Waals surface area contributed by atoms with E-state index in [9.17, 15) is 9.59 Å². The number of esters is 1. The maximum Gasteiger partial charge on any atom is 0.340 e. The molecule has 0 radical (unpaired) electrons. The SMILES string of the molecule is CCOC(=O)C1=C(N)OC2=C(C(=O)CCC2)[C@@H]1c1ccc(Br)cc1. The Morgan fingerprint density at radius 2 is 2.04 bits per heavy atom. The average molecular weight is 392 g/mol. The lowest BCUT2D eigenvalue weighted by Crippen LogP contribution is -2.31. The van der Waals surface area contributed by atoms with Crippen molar-refractivity contribution in [2.75, 3.05) is 6.61 Å². The van der Waals surface area contributed by atoms with Crippen LogP contribution in [0.15, 0.2) is 51.5 Å². The summed E-state index contributed by atoms with van der Waals surface area (Å²) in [5, 5.41) is 0. The predicted octanol–water partition coefficient (Wildman–Crippen LogP) is 3.30. The lowest BCUT2D eigenvalue weighted by molar-refractivity contribution is -0.139. The van der Waals surface area contributed by atoms with Gasteiger partial charge in [0.2, 0.25) is 5.88 Å². The van der Waals surface area contributed by atoms with Crippen molar-refractivity contribution < 1.29 is 19.1 Å². The van der Waals surface area contributed by atoms with E-state index in [2.05, 4.69) is 15.9 Å². The number of rotatable bonds is 3. The Morgan fingerprint density at radius 3 is 2.71 bits per heavy atom. The summed E-state index contributed by atoms with van der Waals surface area (Å²) in [6.45, 7) is 1.95. The molecule has 0 saturated carbocycles. The Hall–Kier alpha value is -2.08. The quantitative estimate of drug-likeness (QED) is 0.799. The van der Waals surface area contributed by atoms with Gasteiger partial charge in [-0.25, -0.2) is 4.79 Å². The van der Waals surface area contributed by atoms with Gasteiger partial charge in [-0.1, -0.05) is 28.1 Å². The third-order valence-corrected chi connectivity index (χ3v) is 4.71. The highest BCUT2D eigenvalue weighted by Gasteiger charge is 2.41. The van der Waals surface area contributed by atoms with Crippen LogP contribution >= 0.6 is 15.9 Å². The van der Waals surface area contributed by atoms with Crippen LogP contribution < -0.4 is 5.73 Å². The fourth-order valence-corrected chi connectivity index (χ4v) is 3.42. The summed E-state index contributed by atoms with van der Waals surface area (Å²) in [6, 6.07) is 7.49. The zero-order valence-corrected chi connectivity index (χ0v) is 14.9. The number of ether oxygens (including phenoxy) is 2. The molecule has 5 nitrogen and oxygen atoms in total. The van der Waals surface area contributed by atoms with E-state index in [0.29, 0.717) is 24.2 Å². The standard InChI is InChI=1S/C18H18BrNO4/c1-2-23-18(22)16-14(10-6-8-11(19)9-7-10)15-12(21)4-3-5-13(15)24-17(16)20/h6-9,14H,2-5,20H2,1H3/t14-/m0/s1. The molecule has 0 bridgehead atoms. The zero-order valence-electron chi connectivity index (χ0n) is 13.3. The lowest BCUT2D eigenvalue weighted by Gasteiger charge is -2.32. The molecule has 0 unspecified atom stereocenters. The number of carbonyl (C=O) groups is 2. The maximum atomic E-state index is 12.5. The van der Waals surface area contributed by atoms with Gasteiger partial charge in [-0.05, 0) is 31.0 Å². The van der Waals surface area contributed by atoms with Crippen LogP contribution in [0.5, 0.6) is 0 Å². The maximum absolute atomic E-state index is 12.5. The fraction of sp³-hybridized carbons (Fsp3) is 0.333. The molecule has 1 aromatic rings. The minimum absolute atomic E-state index is 0.00142. The van der Waals surface area contributed by atoms with Gasteiger partial charge in [0.1, 0.15) is 11.3 Å². The Morgan fingerprint density at radius 1 is 1.33 bits per heavy atom. The van der Waals surface area contributed by atoms with Crippen LogP contribution in [0.2, 0.25) is 0 Å². The second-order valence-electron chi connectivity index (χ2n) is 5.70. The van der Waals surface area contributed by atoms with E-state index in [1.54, 1.807) is 6.92 Å². The molecule has 2 N–H and O–H groups in total. The van der Waals surface area contributed by atoms with Crippen LogP contribution in [0, 0.1) is 0 Å². The number of halogens is 1. The summed E-state index contributed by atoms with van der Waals surface area (Å²) in [7, 11) is 0. The first-order chi connectivity index (χ1) is 11.5. The molecular formula is C18H18BrNO4. The van der Waals surface area contributed by atoms with Gasteiger partial charge in [-0.15, -0.1) is 0 Å². The molecule has 1 heterocycles. The van der Waals surface area contributed by atoms with E-state index in [-0.39, 0.29) is 23.8 Å². The van der Waals surface area contributed by atoms with Crippen molar-refractivity contribution in [3.05, 3.63) is 57.1 Å². The van der Waals surface area contributed by atoms with Crippen molar-refractivity contribution in [3.8, 4) is 0 Å². The predicted molar refractivity (Wildman–Crippen MR) is 91.7 cm³/mol. The average Bonchev–Trinajstić information content (AvgIpc) is 2.55. The summed E-state index contributed by atoms with van der Waals surface area (Å²) in [4.78, 5) is 25.0. The number of hydrogen-bond acceptors (Lipinski definition) is 5. The number of Topliss-reactive ketones (excluding diaryl/α,β-unsaturated/α-hetero) is 1. The summed E-state index contributed by atoms with van der Waals surface area (Å²) in [5.41, 5.74) is 7.57. The smallest absolute Gasteiger partial charge is 0.340 e. The third kappa shape index (κ3) is 2.98. The Kier molecular flexibility index (Phi) is 4.76. The van der Waals surface area contributed by atoms with Crippen molar-refractivity contribution in [2.24, 2.45) is 5.73 Å². The first-order valence-electron chi connectivity index (χ1n) is 7.89. The van der Waals surface area contributed by atoms with Crippen molar-refractivity contribution in [1.29, 1.82) is 0 Å². The molecule has 0 amide bonds. The van der Waals surface area contributed by atoms with Crippen molar-refractivity contribution in [1.82, 2.24) is 0 Å². The monoisotopic (exact) mass is 391 g/mol. The van der Waals surface area contributed by atoms with E-state index in [1.807, 2.05) is 24.3 Å². The minimum Gasteiger partial charge on any atom is -0.462 e. The van der Waals surface area contributed by atoms with Crippen LogP contribution in [-0.2, 0) is 19.1 Å².